The lowest BCUT2D eigenvalue weighted by atomic mass is 9.33. The van der Waals surface area contributed by atoms with Crippen molar-refractivity contribution in [3.05, 3.63) is 40.7 Å². The van der Waals surface area contributed by atoms with Crippen LogP contribution in [0, 0.1) is 56.7 Å². The molecule has 1 N–H and O–H groups in total. The van der Waals surface area contributed by atoms with Gasteiger partial charge < -0.3 is 5.11 Å². The topological polar surface area (TPSA) is 74.0 Å². The predicted octanol–water partition coefficient (Wildman–Crippen LogP) is 8.07. The maximum absolute atomic E-state index is 13.0. The van der Waals surface area contributed by atoms with E-state index in [1.807, 2.05) is 0 Å². The van der Waals surface area contributed by atoms with Crippen molar-refractivity contribution >= 4 is 17.6 Å². The highest BCUT2D eigenvalue weighted by Crippen LogP contribution is 2.76. The third-order valence-corrected chi connectivity index (χ3v) is 14.4. The minimum absolute atomic E-state index is 0.0501. The fraction of sp³-hybridized carbons (Fsp3) is 0.735. The number of alkyl halides is 1. The molecule has 39 heavy (non-hydrogen) atoms. The molecule has 1 aromatic rings. The minimum Gasteiger partial charge on any atom is -0.481 e. The molecule has 5 heteroatoms. The summed E-state index contributed by atoms with van der Waals surface area (Å²) < 4.78 is 0. The maximum Gasteiger partial charge on any atom is 0.310 e. The van der Waals surface area contributed by atoms with Crippen molar-refractivity contribution in [3.63, 3.8) is 0 Å². The van der Waals surface area contributed by atoms with Crippen LogP contribution in [0.1, 0.15) is 110 Å². The quantitative estimate of drug-likeness (QED) is 0.284. The van der Waals surface area contributed by atoms with Crippen molar-refractivity contribution in [2.24, 2.45) is 45.3 Å². The van der Waals surface area contributed by atoms with Gasteiger partial charge in [0, 0.05) is 23.2 Å². The van der Waals surface area contributed by atoms with Gasteiger partial charge in [0.2, 0.25) is 0 Å². The van der Waals surface area contributed by atoms with E-state index >= 15 is 0 Å². The first kappa shape index (κ1) is 27.3. The first-order chi connectivity index (χ1) is 18.1. The summed E-state index contributed by atoms with van der Waals surface area (Å²) in [7, 11) is 0. The Kier molecular flexibility index (Phi) is 5.69. The summed E-state index contributed by atoms with van der Waals surface area (Å²) in [5.41, 5.74) is 3.61. The van der Waals surface area contributed by atoms with Crippen LogP contribution in [0.2, 0.25) is 0 Å². The van der Waals surface area contributed by atoms with Gasteiger partial charge >= 0.3 is 5.97 Å². The van der Waals surface area contributed by atoms with E-state index in [0.717, 1.165) is 44.9 Å². The van der Waals surface area contributed by atoms with E-state index in [1.54, 1.807) is 6.20 Å². The summed E-state index contributed by atoms with van der Waals surface area (Å²) in [5, 5.41) is 20.3. The van der Waals surface area contributed by atoms with Crippen LogP contribution in [0.25, 0.3) is 0 Å². The van der Waals surface area contributed by atoms with Gasteiger partial charge in [0.15, 0.2) is 0 Å². The molecule has 3 saturated carbocycles. The highest BCUT2D eigenvalue weighted by molar-refractivity contribution is 6.24. The van der Waals surface area contributed by atoms with Crippen LogP contribution in [-0.4, -0.2) is 20.9 Å². The molecule has 0 aromatic carbocycles. The van der Waals surface area contributed by atoms with Crippen LogP contribution in [0.3, 0.4) is 0 Å². The SMILES string of the molecule is CC1CCC2(C(=O)O)CCC3(C)C(=CCC4C5(C)Cc6cc(C#N)cnc6C(C)(C)C5CCC43C)C2C1(C)Cl. The fourth-order valence-electron chi connectivity index (χ4n) is 11.5. The van der Waals surface area contributed by atoms with E-state index in [2.05, 4.69) is 66.7 Å². The van der Waals surface area contributed by atoms with Crippen molar-refractivity contribution in [3.8, 4) is 6.07 Å². The number of carbonyl (C=O) groups is 1. The van der Waals surface area contributed by atoms with Gasteiger partial charge in [-0.2, -0.15) is 5.26 Å². The number of allylic oxidation sites excluding steroid dienone is 2. The van der Waals surface area contributed by atoms with Crippen molar-refractivity contribution in [2.45, 2.75) is 110 Å². The van der Waals surface area contributed by atoms with E-state index in [0.29, 0.717) is 23.8 Å². The molecule has 1 aromatic heterocycles. The Bertz CT molecular complexity index is 1320. The third kappa shape index (κ3) is 3.18. The molecule has 9 atom stereocenters. The second-order valence-electron chi connectivity index (χ2n) is 15.5. The maximum atomic E-state index is 13.0. The summed E-state index contributed by atoms with van der Waals surface area (Å²) in [6.45, 7) is 16.6. The largest absolute Gasteiger partial charge is 0.481 e. The average molecular weight is 549 g/mol. The molecular weight excluding hydrogens is 504 g/mol. The molecule has 5 aliphatic rings. The summed E-state index contributed by atoms with van der Waals surface area (Å²) in [5.74, 6) is 0.459. The van der Waals surface area contributed by atoms with Crippen molar-refractivity contribution in [1.82, 2.24) is 4.98 Å². The monoisotopic (exact) mass is 548 g/mol. The van der Waals surface area contributed by atoms with Crippen LogP contribution in [0.4, 0.5) is 0 Å². The summed E-state index contributed by atoms with van der Waals surface area (Å²) in [4.78, 5) is 17.3. The molecule has 5 aliphatic carbocycles. The lowest BCUT2D eigenvalue weighted by molar-refractivity contribution is -0.177. The zero-order valence-electron chi connectivity index (χ0n) is 24.8. The molecule has 0 saturated heterocycles. The fourth-order valence-corrected chi connectivity index (χ4v) is 11.9. The Morgan fingerprint density at radius 3 is 2.46 bits per heavy atom. The van der Waals surface area contributed by atoms with E-state index in [9.17, 15) is 15.2 Å². The summed E-state index contributed by atoms with van der Waals surface area (Å²) >= 11 is 7.45. The summed E-state index contributed by atoms with van der Waals surface area (Å²) in [6.07, 6.45) is 11.7. The molecule has 0 bridgehead atoms. The van der Waals surface area contributed by atoms with Gasteiger partial charge in [-0.05, 0) is 104 Å². The number of fused-ring (bicyclic) bond motifs is 8. The number of hydrogen-bond acceptors (Lipinski definition) is 3. The van der Waals surface area contributed by atoms with E-state index in [1.165, 1.54) is 16.8 Å². The molecule has 0 spiro atoms. The molecular formula is C34H45ClN2O2. The highest BCUT2D eigenvalue weighted by Gasteiger charge is 2.71. The molecule has 1 heterocycles. The van der Waals surface area contributed by atoms with Gasteiger partial charge in [-0.15, -0.1) is 11.6 Å². The van der Waals surface area contributed by atoms with Gasteiger partial charge in [0.25, 0.3) is 0 Å². The Morgan fingerprint density at radius 2 is 1.79 bits per heavy atom. The lowest BCUT2D eigenvalue weighted by Gasteiger charge is -2.71. The molecule has 0 amide bonds. The normalized spacial score (nSPS) is 47.7. The van der Waals surface area contributed by atoms with Crippen LogP contribution in [0.5, 0.6) is 0 Å². The Morgan fingerprint density at radius 1 is 1.08 bits per heavy atom. The standard InChI is InChI=1S/C34H45ClN2O2/c1-20-10-13-34(28(38)39)15-14-31(5)23(26(34)33(20,7)35)8-9-25-30(4)17-22-16-21(18-36)19-37-27(22)29(2,3)24(30)11-12-32(25,31)6/h8,16,19-20,24-26H,9-15,17H2,1-7H3,(H,38,39). The smallest absolute Gasteiger partial charge is 0.310 e. The molecule has 210 valence electrons. The van der Waals surface area contributed by atoms with Gasteiger partial charge in [0.05, 0.1) is 15.9 Å². The lowest BCUT2D eigenvalue weighted by Crippen LogP contribution is -2.66. The molecule has 0 aliphatic heterocycles. The van der Waals surface area contributed by atoms with Crippen molar-refractivity contribution in [1.29, 1.82) is 5.26 Å². The minimum atomic E-state index is -0.760. The number of nitriles is 1. The molecule has 6 rings (SSSR count). The Labute approximate surface area is 239 Å². The number of pyridine rings is 1. The number of carboxylic acids is 1. The number of aliphatic carboxylic acids is 1. The van der Waals surface area contributed by atoms with E-state index in [-0.39, 0.29) is 33.5 Å². The first-order valence-electron chi connectivity index (χ1n) is 15.1. The zero-order chi connectivity index (χ0) is 28.4. The van der Waals surface area contributed by atoms with Crippen LogP contribution in [0.15, 0.2) is 23.9 Å². The second kappa shape index (κ2) is 8.12. The average Bonchev–Trinajstić information content (AvgIpc) is 2.85. The van der Waals surface area contributed by atoms with E-state index in [4.69, 9.17) is 16.6 Å². The van der Waals surface area contributed by atoms with Gasteiger partial charge in [0.1, 0.15) is 6.07 Å². The molecule has 3 fully saturated rings. The van der Waals surface area contributed by atoms with Gasteiger partial charge in [-0.25, -0.2) is 0 Å². The van der Waals surface area contributed by atoms with Crippen LogP contribution in [-0.2, 0) is 16.6 Å². The molecule has 0 radical (unpaired) electrons. The van der Waals surface area contributed by atoms with Gasteiger partial charge in [-0.1, -0.05) is 53.2 Å². The Hall–Kier alpha value is -1.86. The molecule has 4 nitrogen and oxygen atoms in total. The predicted molar refractivity (Wildman–Crippen MR) is 154 cm³/mol. The van der Waals surface area contributed by atoms with Crippen molar-refractivity contribution < 1.29 is 9.90 Å². The molecule has 9 unspecified atom stereocenters. The zero-order valence-corrected chi connectivity index (χ0v) is 25.6. The van der Waals surface area contributed by atoms with Crippen LogP contribution >= 0.6 is 11.6 Å². The number of rotatable bonds is 1. The third-order valence-electron chi connectivity index (χ3n) is 13.8. The number of halogens is 1. The Balaban J connectivity index is 1.50. The van der Waals surface area contributed by atoms with E-state index < -0.39 is 16.3 Å². The number of aromatic nitrogens is 1. The number of hydrogen-bond donors (Lipinski definition) is 1. The van der Waals surface area contributed by atoms with Gasteiger partial charge in [-0.3, -0.25) is 9.78 Å². The number of nitrogens with zero attached hydrogens (tertiary/aromatic N) is 2. The van der Waals surface area contributed by atoms with Crippen molar-refractivity contribution in [2.75, 3.05) is 0 Å². The van der Waals surface area contributed by atoms with Crippen LogP contribution < -0.4 is 0 Å². The summed E-state index contributed by atoms with van der Waals surface area (Å²) in [6, 6.07) is 4.40. The highest BCUT2D eigenvalue weighted by atomic mass is 35.5. The first-order valence-corrected chi connectivity index (χ1v) is 15.5. The second-order valence-corrected chi connectivity index (χ2v) is 16.3. The number of carboxylic acid groups (broad SMARTS) is 1.